The Bertz CT molecular complexity index is 481. The van der Waals surface area contributed by atoms with E-state index >= 15 is 0 Å². The first-order chi connectivity index (χ1) is 9.30. The van der Waals surface area contributed by atoms with Crippen molar-refractivity contribution in [1.29, 1.82) is 0 Å². The maximum atomic E-state index is 12.1. The summed E-state index contributed by atoms with van der Waals surface area (Å²) in [6.07, 6.45) is 0. The summed E-state index contributed by atoms with van der Waals surface area (Å²) in [6.45, 7) is 2.03. The van der Waals surface area contributed by atoms with Crippen LogP contribution in [0.5, 0.6) is 5.75 Å². The molecule has 0 saturated carbocycles. The molecule has 1 aromatic rings. The third-order valence-electron chi connectivity index (χ3n) is 2.23. The molecule has 1 aromatic carbocycles. The minimum Gasteiger partial charge on any atom is -0.464 e. The van der Waals surface area contributed by atoms with Gasteiger partial charge in [0.25, 0.3) is 0 Å². The van der Waals surface area contributed by atoms with Crippen LogP contribution in [0.4, 0.5) is 0 Å². The highest BCUT2D eigenvalue weighted by Gasteiger charge is 2.28. The van der Waals surface area contributed by atoms with E-state index < -0.39 is 18.9 Å². The monoisotopic (exact) mass is 319 g/mol. The number of hydrogen-bond donors (Lipinski definition) is 1. The van der Waals surface area contributed by atoms with Crippen LogP contribution in [0.1, 0.15) is 20.8 Å². The van der Waals surface area contributed by atoms with E-state index in [1.165, 1.54) is 6.92 Å². The first-order valence-corrected chi connectivity index (χ1v) is 8.82. The van der Waals surface area contributed by atoms with Crippen molar-refractivity contribution in [2.45, 2.75) is 26.8 Å². The summed E-state index contributed by atoms with van der Waals surface area (Å²) in [6, 6.07) is 7.68. The van der Waals surface area contributed by atoms with Crippen LogP contribution in [0.25, 0.3) is 0 Å². The number of ether oxygens (including phenoxy) is 1. The molecule has 7 heteroatoms. The minimum absolute atomic E-state index is 0.231. The molecular formula is C13H19ClNO4P. The Labute approximate surface area is 123 Å². The molecule has 2 atom stereocenters. The van der Waals surface area contributed by atoms with Gasteiger partial charge in [-0.1, -0.05) is 32.0 Å². The molecule has 0 saturated heterocycles. The van der Waals surface area contributed by atoms with Gasteiger partial charge in [-0.05, 0) is 25.0 Å². The van der Waals surface area contributed by atoms with Gasteiger partial charge in [0, 0.05) is 11.2 Å². The van der Waals surface area contributed by atoms with E-state index in [4.69, 9.17) is 20.5 Å². The number of hydrogen-bond acceptors (Lipinski definition) is 4. The van der Waals surface area contributed by atoms with Crippen LogP contribution >= 0.6 is 18.1 Å². The molecule has 0 heterocycles. The molecule has 0 aliphatic carbocycles. The summed E-state index contributed by atoms with van der Waals surface area (Å²) in [5.41, 5.74) is 0. The van der Waals surface area contributed by atoms with Crippen molar-refractivity contribution in [3.05, 3.63) is 30.3 Å². The average molecular weight is 320 g/mol. The molecule has 0 bridgehead atoms. The van der Waals surface area contributed by atoms with Gasteiger partial charge in [0.1, 0.15) is 11.8 Å². The predicted octanol–water partition coefficient (Wildman–Crippen LogP) is 3.59. The fraction of sp³-hybridized carbons (Fsp3) is 0.462. The van der Waals surface area contributed by atoms with E-state index in [0.717, 1.165) is 0 Å². The van der Waals surface area contributed by atoms with Crippen LogP contribution in [0.3, 0.4) is 0 Å². The summed E-state index contributed by atoms with van der Waals surface area (Å²) in [7, 11) is 0. The smallest absolute Gasteiger partial charge is 0.409 e. The third kappa shape index (κ3) is 6.42. The quantitative estimate of drug-likeness (QED) is 0.614. The summed E-state index contributed by atoms with van der Waals surface area (Å²) >= 11 is 5.79. The van der Waals surface area contributed by atoms with Gasteiger partial charge in [-0.3, -0.25) is 4.79 Å². The zero-order valence-corrected chi connectivity index (χ0v) is 13.4. The molecule has 0 fully saturated rings. The van der Waals surface area contributed by atoms with Gasteiger partial charge in [-0.2, -0.15) is 0 Å². The van der Waals surface area contributed by atoms with E-state index in [0.29, 0.717) is 12.4 Å². The van der Waals surface area contributed by atoms with Crippen LogP contribution in [0.15, 0.2) is 30.3 Å². The summed E-state index contributed by atoms with van der Waals surface area (Å²) in [5, 5.41) is 2.45. The molecule has 112 valence electrons. The summed E-state index contributed by atoms with van der Waals surface area (Å²) in [4.78, 5) is 11.7. The number of benzene rings is 1. The number of nitrogens with one attached hydrogen (secondary N) is 1. The lowest BCUT2D eigenvalue weighted by atomic mass is 10.2. The van der Waals surface area contributed by atoms with Crippen molar-refractivity contribution in [1.82, 2.24) is 5.09 Å². The first-order valence-electron chi connectivity index (χ1n) is 6.29. The Morgan fingerprint density at radius 1 is 1.30 bits per heavy atom. The fourth-order valence-electron chi connectivity index (χ4n) is 1.30. The normalized spacial score (nSPS) is 15.4. The Kier molecular flexibility index (Phi) is 6.53. The number of carbonyl (C=O) groups excluding carboxylic acids is 1. The van der Waals surface area contributed by atoms with Gasteiger partial charge in [0.15, 0.2) is 0 Å². The number of esters is 1. The Morgan fingerprint density at radius 2 is 1.90 bits per heavy atom. The third-order valence-corrected chi connectivity index (χ3v) is 3.87. The molecule has 20 heavy (non-hydrogen) atoms. The molecule has 1 N–H and O–H groups in total. The maximum absolute atomic E-state index is 12.1. The van der Waals surface area contributed by atoms with Gasteiger partial charge in [0.2, 0.25) is 0 Å². The van der Waals surface area contributed by atoms with Crippen LogP contribution in [-0.4, -0.2) is 18.6 Å². The van der Waals surface area contributed by atoms with Crippen molar-refractivity contribution >= 4 is 24.1 Å². The Balaban J connectivity index is 2.53. The molecule has 5 nitrogen and oxygen atoms in total. The number of halogens is 1. The van der Waals surface area contributed by atoms with Crippen LogP contribution < -0.4 is 9.61 Å². The highest BCUT2D eigenvalue weighted by Crippen LogP contribution is 2.48. The first kappa shape index (κ1) is 17.0. The lowest BCUT2D eigenvalue weighted by Gasteiger charge is -2.18. The van der Waals surface area contributed by atoms with Gasteiger partial charge >= 0.3 is 12.8 Å². The Morgan fingerprint density at radius 3 is 2.45 bits per heavy atom. The second-order valence-electron chi connectivity index (χ2n) is 4.76. The second-order valence-corrected chi connectivity index (χ2v) is 7.49. The zero-order valence-electron chi connectivity index (χ0n) is 11.7. The predicted molar refractivity (Wildman–Crippen MR) is 78.9 cm³/mol. The Hall–Kier alpha value is -1.03. The summed E-state index contributed by atoms with van der Waals surface area (Å²) < 4.78 is 22.2. The lowest BCUT2D eigenvalue weighted by Crippen LogP contribution is -2.33. The second kappa shape index (κ2) is 7.67. The van der Waals surface area contributed by atoms with Gasteiger partial charge < -0.3 is 9.26 Å². The molecule has 2 unspecified atom stereocenters. The van der Waals surface area contributed by atoms with E-state index in [1.54, 1.807) is 30.3 Å². The molecule has 0 aliphatic heterocycles. The van der Waals surface area contributed by atoms with Crippen molar-refractivity contribution in [3.63, 3.8) is 0 Å². The largest absolute Gasteiger partial charge is 0.464 e. The van der Waals surface area contributed by atoms with E-state index in [1.807, 2.05) is 13.8 Å². The van der Waals surface area contributed by atoms with E-state index in [2.05, 4.69) is 5.09 Å². The van der Waals surface area contributed by atoms with Crippen LogP contribution in [0, 0.1) is 5.92 Å². The fourth-order valence-corrected chi connectivity index (χ4v) is 2.99. The zero-order chi connectivity index (χ0) is 15.2. The topological polar surface area (TPSA) is 64.6 Å². The van der Waals surface area contributed by atoms with Gasteiger partial charge in [-0.25, -0.2) is 9.65 Å². The number of rotatable bonds is 7. The molecule has 0 amide bonds. The molecule has 0 radical (unpaired) electrons. The van der Waals surface area contributed by atoms with Crippen molar-refractivity contribution in [2.24, 2.45) is 5.92 Å². The van der Waals surface area contributed by atoms with Gasteiger partial charge in [0.05, 0.1) is 6.61 Å². The molecule has 0 aliphatic rings. The van der Waals surface area contributed by atoms with Crippen molar-refractivity contribution < 1.29 is 18.6 Å². The molecular weight excluding hydrogens is 301 g/mol. The molecule has 0 aromatic heterocycles. The molecule has 0 spiro atoms. The summed E-state index contributed by atoms with van der Waals surface area (Å²) in [5.74, 6) is 0.0758. The van der Waals surface area contributed by atoms with Crippen LogP contribution in [0.2, 0.25) is 0 Å². The standard InChI is InChI=1S/C13H19ClNO4P/c1-10(2)9-18-13(16)11(3)15-20(14,17)19-12-7-5-4-6-8-12/h4-8,10-11H,9H2,1-3H3,(H,15,17). The highest BCUT2D eigenvalue weighted by atomic mass is 35.7. The van der Waals surface area contributed by atoms with Gasteiger partial charge in [-0.15, -0.1) is 0 Å². The minimum atomic E-state index is -3.65. The maximum Gasteiger partial charge on any atom is 0.409 e. The van der Waals surface area contributed by atoms with Crippen molar-refractivity contribution in [2.75, 3.05) is 6.61 Å². The number of carbonyl (C=O) groups is 1. The SMILES string of the molecule is CC(C)COC(=O)C(C)NP(=O)(Cl)Oc1ccccc1. The molecule has 1 rings (SSSR count). The van der Waals surface area contributed by atoms with E-state index in [-0.39, 0.29) is 5.92 Å². The average Bonchev–Trinajstić information content (AvgIpc) is 2.35. The number of para-hydroxylation sites is 1. The van der Waals surface area contributed by atoms with Crippen LogP contribution in [-0.2, 0) is 14.1 Å². The lowest BCUT2D eigenvalue weighted by molar-refractivity contribution is -0.146. The van der Waals surface area contributed by atoms with E-state index in [9.17, 15) is 9.36 Å². The highest BCUT2D eigenvalue weighted by molar-refractivity contribution is 7.84. The van der Waals surface area contributed by atoms with Crippen molar-refractivity contribution in [3.8, 4) is 5.75 Å².